The Bertz CT molecular complexity index is 1580. The topological polar surface area (TPSA) is 125 Å². The van der Waals surface area contributed by atoms with Gasteiger partial charge < -0.3 is 10.6 Å². The van der Waals surface area contributed by atoms with Crippen molar-refractivity contribution in [3.05, 3.63) is 78.1 Å². The largest absolute Gasteiger partial charge is 0.346 e. The summed E-state index contributed by atoms with van der Waals surface area (Å²) in [6, 6.07) is 9.19. The summed E-state index contributed by atoms with van der Waals surface area (Å²) in [5.41, 5.74) is 3.99. The minimum atomic E-state index is -0.368. The Balaban J connectivity index is 1.44. The molecule has 0 spiro atoms. The van der Waals surface area contributed by atoms with Crippen LogP contribution in [0.4, 0.5) is 5.69 Å². The van der Waals surface area contributed by atoms with Crippen molar-refractivity contribution in [3.63, 3.8) is 0 Å². The highest BCUT2D eigenvalue weighted by molar-refractivity contribution is 6.14. The van der Waals surface area contributed by atoms with Crippen LogP contribution in [0.5, 0.6) is 0 Å². The fraction of sp³-hybridized carbons (Fsp3) is 0.200. The molecule has 0 radical (unpaired) electrons. The molecular weight excluding hydrogens is 458 g/mol. The number of rotatable bonds is 7. The van der Waals surface area contributed by atoms with Gasteiger partial charge in [0.2, 0.25) is 0 Å². The second-order valence-electron chi connectivity index (χ2n) is 8.35. The van der Waals surface area contributed by atoms with Gasteiger partial charge in [-0.1, -0.05) is 18.2 Å². The van der Waals surface area contributed by atoms with Gasteiger partial charge in [0.1, 0.15) is 5.69 Å². The van der Waals surface area contributed by atoms with Crippen LogP contribution in [-0.2, 0) is 27.2 Å². The standard InChI is InChI=1S/C25H25N9O2/c1-4-34-15-17(12-29-34)21-9-19(18-7-5-6-8-20(18)30-21)24(35)31-22-13-28-33(3)23(22)25(36)26-10-16-11-27-32(2)14-16/h5-9,11-15H,4,10H2,1-3H3,(H,26,36)(H,31,35). The van der Waals surface area contributed by atoms with Crippen LogP contribution in [0.2, 0.25) is 0 Å². The molecule has 4 aromatic heterocycles. The number of anilines is 1. The number of hydrogen-bond acceptors (Lipinski definition) is 6. The maximum Gasteiger partial charge on any atom is 0.271 e. The first kappa shape index (κ1) is 23.0. The van der Waals surface area contributed by atoms with Crippen LogP contribution in [-0.4, -0.2) is 46.1 Å². The molecule has 36 heavy (non-hydrogen) atoms. The number of aromatic nitrogens is 7. The van der Waals surface area contributed by atoms with Crippen molar-refractivity contribution < 1.29 is 9.59 Å². The maximum atomic E-state index is 13.5. The number of hydrogen-bond donors (Lipinski definition) is 2. The van der Waals surface area contributed by atoms with Crippen molar-refractivity contribution in [1.29, 1.82) is 0 Å². The molecule has 0 fully saturated rings. The van der Waals surface area contributed by atoms with E-state index in [0.717, 1.165) is 17.7 Å². The van der Waals surface area contributed by atoms with Gasteiger partial charge in [-0.05, 0) is 19.1 Å². The molecule has 0 aliphatic rings. The summed E-state index contributed by atoms with van der Waals surface area (Å²) in [6.07, 6.45) is 8.59. The second-order valence-corrected chi connectivity index (χ2v) is 8.35. The second kappa shape index (κ2) is 9.45. The van der Waals surface area contributed by atoms with Gasteiger partial charge >= 0.3 is 0 Å². The molecule has 11 nitrogen and oxygen atoms in total. The number of benzene rings is 1. The lowest BCUT2D eigenvalue weighted by Crippen LogP contribution is -2.26. The summed E-state index contributed by atoms with van der Waals surface area (Å²) in [4.78, 5) is 31.2. The Morgan fingerprint density at radius 2 is 1.81 bits per heavy atom. The van der Waals surface area contributed by atoms with Crippen LogP contribution in [0.25, 0.3) is 22.2 Å². The highest BCUT2D eigenvalue weighted by Gasteiger charge is 2.21. The van der Waals surface area contributed by atoms with Crippen LogP contribution in [0, 0.1) is 0 Å². The predicted octanol–water partition coefficient (Wildman–Crippen LogP) is 2.77. The molecule has 182 valence electrons. The molecule has 5 aromatic rings. The first-order valence-corrected chi connectivity index (χ1v) is 11.4. The number of pyridine rings is 1. The molecule has 0 atom stereocenters. The predicted molar refractivity (Wildman–Crippen MR) is 134 cm³/mol. The minimum Gasteiger partial charge on any atom is -0.346 e. The average Bonchev–Trinajstić information content (AvgIpc) is 3.62. The number of amides is 2. The third-order valence-corrected chi connectivity index (χ3v) is 5.83. The summed E-state index contributed by atoms with van der Waals surface area (Å²) in [5.74, 6) is -0.728. The number of para-hydroxylation sites is 1. The van der Waals surface area contributed by atoms with E-state index in [1.54, 1.807) is 34.9 Å². The van der Waals surface area contributed by atoms with E-state index in [9.17, 15) is 9.59 Å². The van der Waals surface area contributed by atoms with Crippen LogP contribution < -0.4 is 10.6 Å². The highest BCUT2D eigenvalue weighted by atomic mass is 16.2. The van der Waals surface area contributed by atoms with E-state index < -0.39 is 0 Å². The van der Waals surface area contributed by atoms with Crippen molar-refractivity contribution in [3.8, 4) is 11.3 Å². The van der Waals surface area contributed by atoms with Crippen LogP contribution in [0.15, 0.2) is 61.3 Å². The van der Waals surface area contributed by atoms with Crippen LogP contribution in [0.1, 0.15) is 33.3 Å². The van der Waals surface area contributed by atoms with Crippen LogP contribution >= 0.6 is 0 Å². The van der Waals surface area contributed by atoms with Gasteiger partial charge in [0.05, 0.1) is 41.1 Å². The van der Waals surface area contributed by atoms with E-state index in [1.165, 1.54) is 10.9 Å². The van der Waals surface area contributed by atoms with Crippen molar-refractivity contribution in [2.24, 2.45) is 14.1 Å². The fourth-order valence-corrected chi connectivity index (χ4v) is 4.00. The first-order valence-electron chi connectivity index (χ1n) is 11.4. The molecule has 0 saturated carbocycles. The summed E-state index contributed by atoms with van der Waals surface area (Å²) < 4.78 is 4.90. The molecule has 5 rings (SSSR count). The minimum absolute atomic E-state index is 0.245. The summed E-state index contributed by atoms with van der Waals surface area (Å²) in [6.45, 7) is 3.03. The van der Waals surface area contributed by atoms with Gasteiger partial charge in [-0.25, -0.2) is 4.98 Å². The van der Waals surface area contributed by atoms with E-state index >= 15 is 0 Å². The third kappa shape index (κ3) is 4.45. The van der Waals surface area contributed by atoms with Crippen molar-refractivity contribution in [1.82, 2.24) is 39.6 Å². The molecule has 0 bridgehead atoms. The molecule has 0 aliphatic carbocycles. The smallest absolute Gasteiger partial charge is 0.271 e. The van der Waals surface area contributed by atoms with Crippen molar-refractivity contribution >= 4 is 28.4 Å². The Hall–Kier alpha value is -4.80. The van der Waals surface area contributed by atoms with Gasteiger partial charge in [0, 0.05) is 56.1 Å². The fourth-order valence-electron chi connectivity index (χ4n) is 4.00. The van der Waals surface area contributed by atoms with Gasteiger partial charge in [-0.3, -0.25) is 23.6 Å². The molecule has 11 heteroatoms. The summed E-state index contributed by atoms with van der Waals surface area (Å²) in [5, 5.41) is 19.0. The zero-order valence-corrected chi connectivity index (χ0v) is 20.1. The van der Waals surface area contributed by atoms with E-state index in [4.69, 9.17) is 4.98 Å². The van der Waals surface area contributed by atoms with Gasteiger partial charge in [0.15, 0.2) is 0 Å². The van der Waals surface area contributed by atoms with E-state index in [1.807, 2.05) is 50.6 Å². The zero-order chi connectivity index (χ0) is 25.2. The number of nitrogens with zero attached hydrogens (tertiary/aromatic N) is 7. The number of aryl methyl sites for hydroxylation is 3. The van der Waals surface area contributed by atoms with Crippen LogP contribution in [0.3, 0.4) is 0 Å². The SMILES string of the molecule is CCn1cc(-c2cc(C(=O)Nc3cnn(C)c3C(=O)NCc3cnn(C)c3)c3ccccc3n2)cn1. The lowest BCUT2D eigenvalue weighted by Gasteiger charge is -2.11. The Morgan fingerprint density at radius 3 is 2.56 bits per heavy atom. The molecule has 0 aliphatic heterocycles. The molecule has 4 heterocycles. The average molecular weight is 484 g/mol. The number of nitrogens with one attached hydrogen (secondary N) is 2. The number of carbonyl (C=O) groups is 2. The zero-order valence-electron chi connectivity index (χ0n) is 20.1. The lowest BCUT2D eigenvalue weighted by molar-refractivity contribution is 0.0942. The molecule has 0 unspecified atom stereocenters. The Morgan fingerprint density at radius 1 is 0.972 bits per heavy atom. The summed E-state index contributed by atoms with van der Waals surface area (Å²) >= 11 is 0. The lowest BCUT2D eigenvalue weighted by atomic mass is 10.0. The highest BCUT2D eigenvalue weighted by Crippen LogP contribution is 2.26. The molecular formula is C25H25N9O2. The monoisotopic (exact) mass is 483 g/mol. The van der Waals surface area contributed by atoms with E-state index in [0.29, 0.717) is 34.4 Å². The summed E-state index contributed by atoms with van der Waals surface area (Å²) in [7, 11) is 3.46. The van der Waals surface area contributed by atoms with Gasteiger partial charge in [-0.2, -0.15) is 15.3 Å². The van der Waals surface area contributed by atoms with Crippen molar-refractivity contribution in [2.45, 2.75) is 20.0 Å². The molecule has 0 saturated heterocycles. The molecule has 1 aromatic carbocycles. The molecule has 2 N–H and O–H groups in total. The Labute approximate surface area is 206 Å². The number of carbonyl (C=O) groups excluding carboxylic acids is 2. The quantitative estimate of drug-likeness (QED) is 0.367. The normalized spacial score (nSPS) is 11.1. The Kier molecular flexibility index (Phi) is 6.03. The first-order chi connectivity index (χ1) is 17.4. The van der Waals surface area contributed by atoms with E-state index in [2.05, 4.69) is 25.9 Å². The van der Waals surface area contributed by atoms with E-state index in [-0.39, 0.29) is 17.5 Å². The van der Waals surface area contributed by atoms with Crippen molar-refractivity contribution in [2.75, 3.05) is 5.32 Å². The van der Waals surface area contributed by atoms with Gasteiger partial charge in [-0.15, -0.1) is 0 Å². The van der Waals surface area contributed by atoms with Gasteiger partial charge in [0.25, 0.3) is 11.8 Å². The molecule has 2 amide bonds. The maximum absolute atomic E-state index is 13.5. The number of fused-ring (bicyclic) bond motifs is 1. The third-order valence-electron chi connectivity index (χ3n) is 5.83.